The molecule has 9 aromatic rings. The summed E-state index contributed by atoms with van der Waals surface area (Å²) in [5.41, 5.74) is 7.81. The molecule has 1 unspecified atom stereocenters. The minimum Gasteiger partial charge on any atom is -0.480 e. The van der Waals surface area contributed by atoms with E-state index in [1.165, 1.54) is 19.3 Å². The van der Waals surface area contributed by atoms with Gasteiger partial charge in [-0.1, -0.05) is 110 Å². The first kappa shape index (κ1) is 36.9. The van der Waals surface area contributed by atoms with Crippen molar-refractivity contribution in [2.45, 2.75) is 43.6 Å². The highest BCUT2D eigenvalue weighted by Gasteiger charge is 2.44. The van der Waals surface area contributed by atoms with E-state index >= 15 is 0 Å². The number of nitrogens with one attached hydrogen (secondary N) is 1. The van der Waals surface area contributed by atoms with Crippen LogP contribution < -0.4 is 5.32 Å². The largest absolute Gasteiger partial charge is 0.480 e. The molecule has 1 fully saturated rings. The molecular formula is C52H41N5O3. The van der Waals surface area contributed by atoms with Crippen LogP contribution in [0.3, 0.4) is 0 Å². The number of hydrogen-bond donors (Lipinski definition) is 2. The Hall–Kier alpha value is -7.45. The first-order valence-electron chi connectivity index (χ1n) is 20.5. The Morgan fingerprint density at radius 2 is 1.32 bits per heavy atom. The Bertz CT molecular complexity index is 3050. The molecule has 0 spiro atoms. The SMILES string of the molecule is O=C(Nc1ccc(C(C(=O)O)(c2ccccc2)c2ccc3ncccc3c2)cc1)c1ccc2c(c1)nc(-c1ccc3nc(-c4ccccc4)ccc3c1)n2C1CCCCC1. The van der Waals surface area contributed by atoms with Crippen molar-refractivity contribution >= 4 is 50.4 Å². The molecule has 60 heavy (non-hydrogen) atoms. The van der Waals surface area contributed by atoms with Crippen molar-refractivity contribution in [3.8, 4) is 22.6 Å². The molecule has 8 heteroatoms. The molecule has 1 saturated carbocycles. The molecule has 0 bridgehead atoms. The smallest absolute Gasteiger partial charge is 0.323 e. The first-order valence-corrected chi connectivity index (χ1v) is 20.5. The third-order valence-corrected chi connectivity index (χ3v) is 12.0. The van der Waals surface area contributed by atoms with Crippen LogP contribution in [0, 0.1) is 0 Å². The second-order valence-corrected chi connectivity index (χ2v) is 15.6. The number of benzene rings is 6. The molecule has 3 heterocycles. The summed E-state index contributed by atoms with van der Waals surface area (Å²) in [5, 5.41) is 16.0. The van der Waals surface area contributed by atoms with Crippen molar-refractivity contribution < 1.29 is 14.7 Å². The van der Waals surface area contributed by atoms with Crippen molar-refractivity contribution in [3.63, 3.8) is 0 Å². The van der Waals surface area contributed by atoms with E-state index in [4.69, 9.17) is 9.97 Å². The van der Waals surface area contributed by atoms with Gasteiger partial charge in [0.05, 0.1) is 27.8 Å². The van der Waals surface area contributed by atoms with Crippen LogP contribution in [0.25, 0.3) is 55.5 Å². The molecule has 292 valence electrons. The molecule has 1 amide bonds. The van der Waals surface area contributed by atoms with Crippen LogP contribution >= 0.6 is 0 Å². The molecule has 0 saturated heterocycles. The predicted molar refractivity (Wildman–Crippen MR) is 238 cm³/mol. The fourth-order valence-electron chi connectivity index (χ4n) is 9.06. The zero-order chi connectivity index (χ0) is 40.6. The number of nitrogens with zero attached hydrogens (tertiary/aromatic N) is 4. The highest BCUT2D eigenvalue weighted by molar-refractivity contribution is 6.06. The van der Waals surface area contributed by atoms with Gasteiger partial charge >= 0.3 is 5.97 Å². The lowest BCUT2D eigenvalue weighted by atomic mass is 9.69. The molecular weight excluding hydrogens is 743 g/mol. The molecule has 1 aliphatic carbocycles. The topological polar surface area (TPSA) is 110 Å². The average molecular weight is 784 g/mol. The molecule has 1 atom stereocenters. The summed E-state index contributed by atoms with van der Waals surface area (Å²) >= 11 is 0. The summed E-state index contributed by atoms with van der Waals surface area (Å²) < 4.78 is 2.38. The lowest BCUT2D eigenvalue weighted by Crippen LogP contribution is -2.38. The highest BCUT2D eigenvalue weighted by Crippen LogP contribution is 2.42. The maximum Gasteiger partial charge on any atom is 0.323 e. The number of imidazole rings is 1. The number of rotatable bonds is 9. The Kier molecular flexibility index (Phi) is 9.45. The van der Waals surface area contributed by atoms with E-state index in [9.17, 15) is 14.7 Å². The van der Waals surface area contributed by atoms with Crippen molar-refractivity contribution in [2.24, 2.45) is 0 Å². The molecule has 2 N–H and O–H groups in total. The number of carbonyl (C=O) groups is 2. The Morgan fingerprint density at radius 1 is 0.600 bits per heavy atom. The number of aromatic nitrogens is 4. The van der Waals surface area contributed by atoms with Gasteiger partial charge in [-0.05, 0) is 102 Å². The molecule has 0 radical (unpaired) electrons. The second kappa shape index (κ2) is 15.4. The van der Waals surface area contributed by atoms with Gasteiger partial charge in [0.15, 0.2) is 0 Å². The zero-order valence-corrected chi connectivity index (χ0v) is 32.8. The standard InChI is InChI=1S/C52H41N5O3/c58-50(54-42-24-21-40(22-25-42)52(51(59)60,39-14-6-2-7-15-39)41-23-28-44-35(32-41)13-10-30-53-44)38-20-29-48-47(33-38)56-49(57(48)43-16-8-3-9-17-43)37-19-27-46-36(31-37)18-26-45(55-46)34-11-4-1-5-12-34/h1-2,4-7,10-15,18-33,43H,3,8-9,16-17H2,(H,54,58)(H,59,60). The van der Waals surface area contributed by atoms with E-state index in [1.54, 1.807) is 30.5 Å². The fourth-order valence-corrected chi connectivity index (χ4v) is 9.06. The van der Waals surface area contributed by atoms with Gasteiger partial charge in [-0.15, -0.1) is 0 Å². The molecule has 1 aliphatic rings. The fraction of sp³-hybridized carbons (Fsp3) is 0.135. The Labute approximate surface area is 347 Å². The molecule has 0 aliphatic heterocycles. The van der Waals surface area contributed by atoms with Gasteiger partial charge in [0, 0.05) is 45.4 Å². The Morgan fingerprint density at radius 3 is 2.10 bits per heavy atom. The number of fused-ring (bicyclic) bond motifs is 3. The van der Waals surface area contributed by atoms with Gasteiger partial charge in [0.1, 0.15) is 11.2 Å². The number of carboxylic acid groups (broad SMARTS) is 1. The maximum absolute atomic E-state index is 13.9. The first-order chi connectivity index (χ1) is 29.5. The van der Waals surface area contributed by atoms with Crippen LogP contribution in [0.1, 0.15) is 65.2 Å². The van der Waals surface area contributed by atoms with Crippen LogP contribution in [0.5, 0.6) is 0 Å². The van der Waals surface area contributed by atoms with Gasteiger partial charge in [-0.25, -0.2) is 9.97 Å². The summed E-state index contributed by atoms with van der Waals surface area (Å²) in [5.74, 6) is -0.396. The minimum atomic E-state index is -1.51. The normalized spacial score (nSPS) is 14.3. The predicted octanol–water partition coefficient (Wildman–Crippen LogP) is 11.6. The third-order valence-electron chi connectivity index (χ3n) is 12.0. The third kappa shape index (κ3) is 6.56. The van der Waals surface area contributed by atoms with E-state index in [-0.39, 0.29) is 5.91 Å². The van der Waals surface area contributed by atoms with E-state index in [0.717, 1.165) is 68.3 Å². The van der Waals surface area contributed by atoms with Gasteiger partial charge in [0.25, 0.3) is 5.91 Å². The number of carbonyl (C=O) groups excluding carboxylic acids is 1. The Balaban J connectivity index is 0.972. The summed E-state index contributed by atoms with van der Waals surface area (Å²) in [4.78, 5) is 42.1. The van der Waals surface area contributed by atoms with Crippen molar-refractivity contribution in [3.05, 3.63) is 192 Å². The number of aliphatic carboxylic acids is 1. The maximum atomic E-state index is 13.9. The van der Waals surface area contributed by atoms with Crippen molar-refractivity contribution in [1.82, 2.24) is 19.5 Å². The number of anilines is 1. The van der Waals surface area contributed by atoms with Crippen LogP contribution in [0.15, 0.2) is 170 Å². The monoisotopic (exact) mass is 783 g/mol. The number of pyridine rings is 2. The number of hydrogen-bond acceptors (Lipinski definition) is 5. The molecule has 10 rings (SSSR count). The van der Waals surface area contributed by atoms with Gasteiger partial charge in [-0.2, -0.15) is 0 Å². The van der Waals surface area contributed by atoms with Crippen molar-refractivity contribution in [2.75, 3.05) is 5.32 Å². The zero-order valence-electron chi connectivity index (χ0n) is 32.8. The second-order valence-electron chi connectivity index (χ2n) is 15.6. The summed E-state index contributed by atoms with van der Waals surface area (Å²) in [7, 11) is 0. The van der Waals surface area contributed by atoms with Gasteiger partial charge in [0.2, 0.25) is 0 Å². The van der Waals surface area contributed by atoms with Crippen LogP contribution in [-0.2, 0) is 10.2 Å². The van der Waals surface area contributed by atoms with Gasteiger partial charge in [-0.3, -0.25) is 14.6 Å². The van der Waals surface area contributed by atoms with Gasteiger partial charge < -0.3 is 15.0 Å². The molecule has 8 nitrogen and oxygen atoms in total. The average Bonchev–Trinajstić information content (AvgIpc) is 3.69. The van der Waals surface area contributed by atoms with Crippen LogP contribution in [0.4, 0.5) is 5.69 Å². The van der Waals surface area contributed by atoms with Crippen LogP contribution in [0.2, 0.25) is 0 Å². The summed E-state index contributed by atoms with van der Waals surface area (Å²) in [6.07, 6.45) is 7.47. The molecule has 3 aromatic heterocycles. The summed E-state index contributed by atoms with van der Waals surface area (Å²) in [6.45, 7) is 0. The number of carboxylic acids is 1. The molecule has 6 aromatic carbocycles. The lowest BCUT2D eigenvalue weighted by molar-refractivity contribution is -0.140. The van der Waals surface area contributed by atoms with E-state index in [0.29, 0.717) is 34.0 Å². The highest BCUT2D eigenvalue weighted by atomic mass is 16.4. The van der Waals surface area contributed by atoms with Crippen LogP contribution in [-0.4, -0.2) is 36.5 Å². The van der Waals surface area contributed by atoms with Crippen molar-refractivity contribution in [1.29, 1.82) is 0 Å². The number of amides is 1. The van der Waals surface area contributed by atoms with E-state index < -0.39 is 11.4 Å². The van der Waals surface area contributed by atoms with E-state index in [1.807, 2.05) is 97.1 Å². The minimum absolute atomic E-state index is 0.279. The quantitative estimate of drug-likeness (QED) is 0.141. The summed E-state index contributed by atoms with van der Waals surface area (Å²) in [6, 6.07) is 52.6. The lowest BCUT2D eigenvalue weighted by Gasteiger charge is -2.32. The van der Waals surface area contributed by atoms with E-state index in [2.05, 4.69) is 57.3 Å².